The molecule has 212 valence electrons. The Morgan fingerprint density at radius 3 is 2.04 bits per heavy atom. The first-order chi connectivity index (χ1) is 21.8. The fourth-order valence-electron chi connectivity index (χ4n) is 6.51. The number of hydrogen-bond donors (Lipinski definition) is 0. The summed E-state index contributed by atoms with van der Waals surface area (Å²) in [5, 5.41) is 16.2. The van der Waals surface area contributed by atoms with Gasteiger partial charge < -0.3 is 4.42 Å². The van der Waals surface area contributed by atoms with E-state index < -0.39 is 0 Å². The van der Waals surface area contributed by atoms with Gasteiger partial charge in [-0.15, -0.1) is 0 Å². The lowest BCUT2D eigenvalue weighted by molar-refractivity contribution is 0.590. The van der Waals surface area contributed by atoms with Crippen molar-refractivity contribution < 1.29 is 4.42 Å². The minimum absolute atomic E-state index is 0.00238. The summed E-state index contributed by atoms with van der Waals surface area (Å²) in [4.78, 5) is 8.65. The highest BCUT2D eigenvalue weighted by Gasteiger charge is 2.22. The smallest absolute Gasteiger partial charge is 0.227 e. The molecule has 0 amide bonds. The summed E-state index contributed by atoms with van der Waals surface area (Å²) in [6.45, 7) is 14.1. The summed E-state index contributed by atoms with van der Waals surface area (Å²) < 4.78 is 6.48. The Labute approximate surface area is 261 Å². The Bertz CT molecular complexity index is 2520. The molecule has 8 aromatic rings. The number of benzene rings is 7. The zero-order valence-electron chi connectivity index (χ0n) is 25.1. The average Bonchev–Trinajstić information content (AvgIpc) is 3.50. The van der Waals surface area contributed by atoms with Crippen LogP contribution in [-0.2, 0) is 5.41 Å². The molecule has 4 heteroatoms. The minimum Gasteiger partial charge on any atom is -0.436 e. The second kappa shape index (κ2) is 9.78. The van der Waals surface area contributed by atoms with E-state index in [-0.39, 0.29) is 5.41 Å². The highest BCUT2D eigenvalue weighted by Crippen LogP contribution is 2.46. The van der Waals surface area contributed by atoms with E-state index >= 15 is 0 Å². The molecule has 7 aromatic carbocycles. The maximum atomic E-state index is 9.34. The van der Waals surface area contributed by atoms with Crippen molar-refractivity contribution in [3.05, 3.63) is 132 Å². The Morgan fingerprint density at radius 1 is 0.689 bits per heavy atom. The van der Waals surface area contributed by atoms with Crippen LogP contribution in [0.4, 0.5) is 5.69 Å². The first-order valence-electron chi connectivity index (χ1n) is 15.0. The van der Waals surface area contributed by atoms with E-state index in [1.54, 1.807) is 0 Å². The van der Waals surface area contributed by atoms with Gasteiger partial charge in [-0.05, 0) is 95.9 Å². The molecule has 0 aliphatic heterocycles. The van der Waals surface area contributed by atoms with Crippen molar-refractivity contribution in [2.75, 3.05) is 0 Å². The van der Waals surface area contributed by atoms with E-state index in [1.807, 2.05) is 54.6 Å². The number of oxazole rings is 1. The summed E-state index contributed by atoms with van der Waals surface area (Å²) in [5.41, 5.74) is 9.26. The van der Waals surface area contributed by atoms with Crippen LogP contribution >= 0.6 is 0 Å². The lowest BCUT2D eigenvalue weighted by Gasteiger charge is -2.18. The Kier molecular flexibility index (Phi) is 5.79. The van der Waals surface area contributed by atoms with Crippen molar-refractivity contribution in [2.24, 2.45) is 0 Å². The van der Waals surface area contributed by atoms with Crippen molar-refractivity contribution in [3.8, 4) is 39.8 Å². The molecular weight excluding hydrogens is 550 g/mol. The van der Waals surface area contributed by atoms with E-state index in [4.69, 9.17) is 16.0 Å². The SMILES string of the molecule is [C-]#[N+]c1ccc(-c2cc(-c3nc4cc(C(C)(C)C)ccc4o3)c3ccc4c(-c5ccc(C#N)cc5)ccc5ccc2c3c54)cc1. The van der Waals surface area contributed by atoms with E-state index in [2.05, 4.69) is 86.3 Å². The molecule has 0 saturated carbocycles. The monoisotopic (exact) mass is 577 g/mol. The van der Waals surface area contributed by atoms with Crippen molar-refractivity contribution in [1.29, 1.82) is 5.26 Å². The molecule has 1 aromatic heterocycles. The van der Waals surface area contributed by atoms with Gasteiger partial charge in [-0.25, -0.2) is 9.83 Å². The topological polar surface area (TPSA) is 54.2 Å². The second-order valence-corrected chi connectivity index (χ2v) is 12.6. The number of nitriles is 1. The first kappa shape index (κ1) is 26.6. The predicted molar refractivity (Wildman–Crippen MR) is 184 cm³/mol. The Hall–Kier alpha value is -5.97. The molecule has 0 atom stereocenters. The van der Waals surface area contributed by atoms with Gasteiger partial charge in [-0.3, -0.25) is 0 Å². The molecule has 0 unspecified atom stereocenters. The quantitative estimate of drug-likeness (QED) is 0.155. The third-order valence-electron chi connectivity index (χ3n) is 8.90. The Morgan fingerprint density at radius 2 is 1.33 bits per heavy atom. The van der Waals surface area contributed by atoms with Gasteiger partial charge in [0.05, 0.1) is 18.2 Å². The highest BCUT2D eigenvalue weighted by atomic mass is 16.3. The molecule has 0 fully saturated rings. The summed E-state index contributed by atoms with van der Waals surface area (Å²) in [5.74, 6) is 0.584. The zero-order chi connectivity index (χ0) is 30.9. The van der Waals surface area contributed by atoms with Crippen molar-refractivity contribution in [3.63, 3.8) is 0 Å². The molecule has 4 nitrogen and oxygen atoms in total. The first-order valence-corrected chi connectivity index (χ1v) is 15.0. The van der Waals surface area contributed by atoms with Crippen LogP contribution < -0.4 is 0 Å². The number of aromatic nitrogens is 1. The predicted octanol–water partition coefficient (Wildman–Crippen LogP) is 11.4. The van der Waals surface area contributed by atoms with E-state index in [1.165, 1.54) is 10.9 Å². The van der Waals surface area contributed by atoms with Crippen molar-refractivity contribution in [2.45, 2.75) is 26.2 Å². The highest BCUT2D eigenvalue weighted by molar-refractivity contribution is 6.29. The molecule has 0 N–H and O–H groups in total. The van der Waals surface area contributed by atoms with Crippen LogP contribution in [0.1, 0.15) is 31.9 Å². The molecule has 0 radical (unpaired) electrons. The van der Waals surface area contributed by atoms with Gasteiger partial charge in [0.1, 0.15) is 5.52 Å². The van der Waals surface area contributed by atoms with Crippen LogP contribution in [0.3, 0.4) is 0 Å². The molecule has 45 heavy (non-hydrogen) atoms. The van der Waals surface area contributed by atoms with Crippen LogP contribution in [0.15, 0.2) is 114 Å². The maximum Gasteiger partial charge on any atom is 0.227 e. The summed E-state index contributed by atoms with van der Waals surface area (Å²) in [6, 6.07) is 39.4. The summed E-state index contributed by atoms with van der Waals surface area (Å²) >= 11 is 0. The van der Waals surface area contributed by atoms with Crippen molar-refractivity contribution >= 4 is 49.1 Å². The number of nitrogens with zero attached hydrogens (tertiary/aromatic N) is 3. The molecule has 0 bridgehead atoms. The molecule has 0 aliphatic rings. The van der Waals surface area contributed by atoms with Gasteiger partial charge in [0.25, 0.3) is 0 Å². The fourth-order valence-corrected chi connectivity index (χ4v) is 6.51. The third-order valence-corrected chi connectivity index (χ3v) is 8.90. The van der Waals surface area contributed by atoms with Gasteiger partial charge in [-0.1, -0.05) is 99.6 Å². The largest absolute Gasteiger partial charge is 0.436 e. The molecule has 1 heterocycles. The van der Waals surface area contributed by atoms with Gasteiger partial charge in [0, 0.05) is 5.56 Å². The zero-order valence-corrected chi connectivity index (χ0v) is 25.1. The number of rotatable bonds is 3. The van der Waals surface area contributed by atoms with Gasteiger partial charge in [0.15, 0.2) is 11.3 Å². The molecule has 0 aliphatic carbocycles. The standard InChI is InChI=1S/C41H27N3O/c1-41(2,3)28-13-20-37-36(21-28)44-40(45-37)35-22-34(26-9-14-29(43-4)15-10-26)32-17-12-27-11-16-30(25-7-5-24(23-42)6-8-25)31-18-19-33(35)39(32)38(27)31/h5-22H,1-3H3. The van der Waals surface area contributed by atoms with E-state index in [9.17, 15) is 5.26 Å². The van der Waals surface area contributed by atoms with Gasteiger partial charge >= 0.3 is 0 Å². The van der Waals surface area contributed by atoms with E-state index in [0.29, 0.717) is 17.1 Å². The normalized spacial score (nSPS) is 11.8. The Balaban J connectivity index is 1.45. The third kappa shape index (κ3) is 4.23. The maximum absolute atomic E-state index is 9.34. The number of hydrogen-bond acceptors (Lipinski definition) is 3. The van der Waals surface area contributed by atoms with Crippen LogP contribution in [0.25, 0.3) is 82.0 Å². The van der Waals surface area contributed by atoms with Crippen molar-refractivity contribution in [1.82, 2.24) is 4.98 Å². The fraction of sp³-hybridized carbons (Fsp3) is 0.0976. The lowest BCUT2D eigenvalue weighted by atomic mass is 9.85. The van der Waals surface area contributed by atoms with Gasteiger partial charge in [0.2, 0.25) is 5.89 Å². The molecule has 8 rings (SSSR count). The summed E-state index contributed by atoms with van der Waals surface area (Å²) in [7, 11) is 0. The van der Waals surface area contributed by atoms with Crippen LogP contribution in [0.2, 0.25) is 0 Å². The summed E-state index contributed by atoms with van der Waals surface area (Å²) in [6.07, 6.45) is 0. The lowest BCUT2D eigenvalue weighted by Crippen LogP contribution is -2.10. The molecule has 0 saturated heterocycles. The number of fused-ring (bicyclic) bond motifs is 1. The molecular formula is C41H27N3O. The minimum atomic E-state index is -0.00238. The molecule has 0 spiro atoms. The van der Waals surface area contributed by atoms with Gasteiger partial charge in [-0.2, -0.15) is 5.26 Å². The van der Waals surface area contributed by atoms with Crippen LogP contribution in [0.5, 0.6) is 0 Å². The second-order valence-electron chi connectivity index (χ2n) is 12.6. The average molecular weight is 578 g/mol. The van der Waals surface area contributed by atoms with Crippen LogP contribution in [-0.4, -0.2) is 4.98 Å². The van der Waals surface area contributed by atoms with Crippen LogP contribution in [0, 0.1) is 17.9 Å². The van der Waals surface area contributed by atoms with E-state index in [0.717, 1.165) is 65.8 Å².